The van der Waals surface area contributed by atoms with Gasteiger partial charge in [-0.25, -0.2) is 4.79 Å². The van der Waals surface area contributed by atoms with Crippen LogP contribution in [0.2, 0.25) is 0 Å². The fourth-order valence-electron chi connectivity index (χ4n) is 4.90. The molecule has 3 aromatic rings. The number of hydrogen-bond acceptors (Lipinski definition) is 3. The summed E-state index contributed by atoms with van der Waals surface area (Å²) in [5.74, 6) is 0.677. The molecule has 34 heavy (non-hydrogen) atoms. The van der Waals surface area contributed by atoms with E-state index in [1.807, 2.05) is 66.4 Å². The summed E-state index contributed by atoms with van der Waals surface area (Å²) in [6, 6.07) is 23.5. The Morgan fingerprint density at radius 1 is 1.03 bits per heavy atom. The van der Waals surface area contributed by atoms with Crippen molar-refractivity contribution in [2.24, 2.45) is 0 Å². The SMILES string of the molecule is CC1Oc2ccc(NC(=O)NCc3ccccc3)cc2CN(C2CCCc3ccccc32)C1=O. The lowest BCUT2D eigenvalue weighted by molar-refractivity contribution is -0.140. The lowest BCUT2D eigenvalue weighted by Crippen LogP contribution is -2.41. The van der Waals surface area contributed by atoms with E-state index >= 15 is 0 Å². The van der Waals surface area contributed by atoms with Gasteiger partial charge in [0.2, 0.25) is 0 Å². The second kappa shape index (κ2) is 9.59. The molecular weight excluding hydrogens is 426 g/mol. The lowest BCUT2D eigenvalue weighted by atomic mass is 9.86. The molecule has 2 N–H and O–H groups in total. The molecule has 0 saturated heterocycles. The number of ether oxygens (including phenoxy) is 1. The molecule has 1 aliphatic heterocycles. The summed E-state index contributed by atoms with van der Waals surface area (Å²) in [5.41, 5.74) is 5.13. The minimum absolute atomic E-state index is 0.00647. The first-order valence-corrected chi connectivity index (χ1v) is 11.8. The van der Waals surface area contributed by atoms with Crippen molar-refractivity contribution in [1.29, 1.82) is 0 Å². The summed E-state index contributed by atoms with van der Waals surface area (Å²) < 4.78 is 6.02. The van der Waals surface area contributed by atoms with Crippen molar-refractivity contribution in [3.63, 3.8) is 0 Å². The third-order valence-electron chi connectivity index (χ3n) is 6.60. The Morgan fingerprint density at radius 3 is 2.68 bits per heavy atom. The Balaban J connectivity index is 1.35. The molecule has 2 aliphatic rings. The molecule has 1 aliphatic carbocycles. The van der Waals surface area contributed by atoms with E-state index in [4.69, 9.17) is 4.74 Å². The van der Waals surface area contributed by atoms with Crippen molar-refractivity contribution in [3.05, 3.63) is 95.1 Å². The van der Waals surface area contributed by atoms with E-state index in [0.29, 0.717) is 24.5 Å². The molecule has 3 amide bonds. The van der Waals surface area contributed by atoms with Crippen molar-refractivity contribution >= 4 is 17.6 Å². The van der Waals surface area contributed by atoms with Crippen LogP contribution < -0.4 is 15.4 Å². The average molecular weight is 456 g/mol. The molecule has 174 valence electrons. The minimum Gasteiger partial charge on any atom is -0.481 e. The molecule has 6 heteroatoms. The zero-order valence-electron chi connectivity index (χ0n) is 19.3. The topological polar surface area (TPSA) is 70.7 Å². The van der Waals surface area contributed by atoms with Gasteiger partial charge in [0.1, 0.15) is 5.75 Å². The highest BCUT2D eigenvalue weighted by Crippen LogP contribution is 2.38. The molecule has 5 rings (SSSR count). The third kappa shape index (κ3) is 4.62. The van der Waals surface area contributed by atoms with Gasteiger partial charge < -0.3 is 20.3 Å². The molecule has 1 heterocycles. The number of rotatable bonds is 4. The maximum Gasteiger partial charge on any atom is 0.319 e. The van der Waals surface area contributed by atoms with Gasteiger partial charge in [-0.05, 0) is 61.1 Å². The highest BCUT2D eigenvalue weighted by Gasteiger charge is 2.35. The molecule has 0 bridgehead atoms. The highest BCUT2D eigenvalue weighted by atomic mass is 16.5. The van der Waals surface area contributed by atoms with Crippen LogP contribution in [0.4, 0.5) is 10.5 Å². The number of fused-ring (bicyclic) bond motifs is 2. The fourth-order valence-corrected chi connectivity index (χ4v) is 4.90. The molecule has 0 saturated carbocycles. The number of carbonyl (C=O) groups is 2. The molecule has 2 unspecified atom stereocenters. The van der Waals surface area contributed by atoms with Gasteiger partial charge in [-0.2, -0.15) is 0 Å². The Morgan fingerprint density at radius 2 is 1.82 bits per heavy atom. The second-order valence-corrected chi connectivity index (χ2v) is 8.95. The van der Waals surface area contributed by atoms with Crippen LogP contribution in [-0.2, 0) is 24.3 Å². The van der Waals surface area contributed by atoms with Gasteiger partial charge in [-0.1, -0.05) is 54.6 Å². The van der Waals surface area contributed by atoms with E-state index < -0.39 is 6.10 Å². The first-order valence-electron chi connectivity index (χ1n) is 11.8. The number of benzene rings is 3. The zero-order chi connectivity index (χ0) is 23.5. The van der Waals surface area contributed by atoms with Gasteiger partial charge in [0.15, 0.2) is 6.10 Å². The smallest absolute Gasteiger partial charge is 0.319 e. The summed E-state index contributed by atoms with van der Waals surface area (Å²) >= 11 is 0. The Bertz CT molecular complexity index is 1190. The van der Waals surface area contributed by atoms with Crippen LogP contribution in [0, 0.1) is 0 Å². The Kier molecular flexibility index (Phi) is 6.21. The van der Waals surface area contributed by atoms with E-state index in [-0.39, 0.29) is 18.0 Å². The zero-order valence-corrected chi connectivity index (χ0v) is 19.3. The summed E-state index contributed by atoms with van der Waals surface area (Å²) in [5, 5.41) is 5.79. The maximum atomic E-state index is 13.3. The molecule has 6 nitrogen and oxygen atoms in total. The van der Waals surface area contributed by atoms with E-state index in [0.717, 1.165) is 30.4 Å². The van der Waals surface area contributed by atoms with Crippen molar-refractivity contribution in [2.45, 2.75) is 51.4 Å². The van der Waals surface area contributed by atoms with E-state index in [1.54, 1.807) is 0 Å². The fraction of sp³-hybridized carbons (Fsp3) is 0.286. The van der Waals surface area contributed by atoms with Crippen LogP contribution in [0.15, 0.2) is 72.8 Å². The summed E-state index contributed by atoms with van der Waals surface area (Å²) in [6.07, 6.45) is 2.47. The Labute approximate surface area is 199 Å². The molecule has 3 aromatic carbocycles. The van der Waals surface area contributed by atoms with Crippen molar-refractivity contribution in [1.82, 2.24) is 10.2 Å². The van der Waals surface area contributed by atoms with Crippen LogP contribution in [0.1, 0.15) is 48.1 Å². The number of amides is 3. The van der Waals surface area contributed by atoms with Crippen molar-refractivity contribution < 1.29 is 14.3 Å². The number of hydrogen-bond donors (Lipinski definition) is 2. The monoisotopic (exact) mass is 455 g/mol. The van der Waals surface area contributed by atoms with Crippen molar-refractivity contribution in [3.8, 4) is 5.75 Å². The number of urea groups is 1. The number of nitrogens with one attached hydrogen (secondary N) is 2. The molecule has 0 radical (unpaired) electrons. The predicted molar refractivity (Wildman–Crippen MR) is 132 cm³/mol. The summed E-state index contributed by atoms with van der Waals surface area (Å²) in [6.45, 7) is 2.70. The summed E-state index contributed by atoms with van der Waals surface area (Å²) in [7, 11) is 0. The van der Waals surface area contributed by atoms with Gasteiger partial charge in [-0.3, -0.25) is 4.79 Å². The largest absolute Gasteiger partial charge is 0.481 e. The normalized spacial score (nSPS) is 19.3. The molecule has 0 aromatic heterocycles. The molecule has 0 fully saturated rings. The van der Waals surface area contributed by atoms with E-state index in [2.05, 4.69) is 28.8 Å². The van der Waals surface area contributed by atoms with E-state index in [1.165, 1.54) is 11.1 Å². The van der Waals surface area contributed by atoms with Crippen LogP contribution in [-0.4, -0.2) is 22.9 Å². The van der Waals surface area contributed by atoms with Gasteiger partial charge >= 0.3 is 6.03 Å². The van der Waals surface area contributed by atoms with Gasteiger partial charge in [-0.15, -0.1) is 0 Å². The lowest BCUT2D eigenvalue weighted by Gasteiger charge is -2.35. The van der Waals surface area contributed by atoms with E-state index in [9.17, 15) is 9.59 Å². The number of aryl methyl sites for hydroxylation is 1. The second-order valence-electron chi connectivity index (χ2n) is 8.95. The molecule has 2 atom stereocenters. The van der Waals surface area contributed by atoms with Crippen LogP contribution in [0.25, 0.3) is 0 Å². The summed E-state index contributed by atoms with van der Waals surface area (Å²) in [4.78, 5) is 27.7. The quantitative estimate of drug-likeness (QED) is 0.568. The standard InChI is InChI=1S/C28H29N3O3/c1-19-27(32)31(25-13-7-11-21-10-5-6-12-24(21)25)18-22-16-23(14-15-26(22)34-19)30-28(33)29-17-20-8-3-2-4-9-20/h2-6,8-10,12,14-16,19,25H,7,11,13,17-18H2,1H3,(H2,29,30,33). The third-order valence-corrected chi connectivity index (χ3v) is 6.60. The minimum atomic E-state index is -0.566. The van der Waals surface area contributed by atoms with Crippen molar-refractivity contribution in [2.75, 3.05) is 5.32 Å². The number of nitrogens with zero attached hydrogens (tertiary/aromatic N) is 1. The predicted octanol–water partition coefficient (Wildman–Crippen LogP) is 5.20. The highest BCUT2D eigenvalue weighted by molar-refractivity contribution is 5.89. The molecule has 0 spiro atoms. The van der Waals surface area contributed by atoms with Crippen LogP contribution in [0.3, 0.4) is 0 Å². The number of carbonyl (C=O) groups excluding carboxylic acids is 2. The van der Waals surface area contributed by atoms with Crippen LogP contribution in [0.5, 0.6) is 5.75 Å². The molecular formula is C28H29N3O3. The van der Waals surface area contributed by atoms with Gasteiger partial charge in [0.25, 0.3) is 5.91 Å². The average Bonchev–Trinajstić information content (AvgIpc) is 2.99. The van der Waals surface area contributed by atoms with Crippen LogP contribution >= 0.6 is 0 Å². The number of anilines is 1. The van der Waals surface area contributed by atoms with Gasteiger partial charge in [0.05, 0.1) is 12.6 Å². The Hall–Kier alpha value is -3.80. The first kappa shape index (κ1) is 22.0. The first-order chi connectivity index (χ1) is 16.6. The maximum absolute atomic E-state index is 13.3. The van der Waals surface area contributed by atoms with Gasteiger partial charge in [0, 0.05) is 17.8 Å².